The fourth-order valence-corrected chi connectivity index (χ4v) is 3.21. The minimum atomic E-state index is -1.02. The topological polar surface area (TPSA) is 159 Å². The lowest BCUT2D eigenvalue weighted by atomic mass is 10.1. The average molecular weight is 605 g/mol. The molecule has 0 spiro atoms. The van der Waals surface area contributed by atoms with Crippen molar-refractivity contribution in [1.29, 1.82) is 0 Å². The highest BCUT2D eigenvalue weighted by atomic mass is 79.9. The molecule has 39 heavy (non-hydrogen) atoms. The highest BCUT2D eigenvalue weighted by Crippen LogP contribution is 2.32. The Balaban J connectivity index is 1.99. The molecule has 0 atom stereocenters. The van der Waals surface area contributed by atoms with Crippen LogP contribution in [-0.4, -0.2) is 56.7 Å². The van der Waals surface area contributed by atoms with Gasteiger partial charge in [-0.3, -0.25) is 0 Å². The molecule has 3 rings (SSSR count). The molecular weight excluding hydrogens is 576 g/mol. The SMILES string of the molecule is CNC(=O)OCc1ccc(-c2nnc(-c3nc(Br)cnc3N(C(=O)OC(C)(C)C)C(=O)OC(C)(C)C)o2)cc1. The molecule has 0 unspecified atom stereocenters. The summed E-state index contributed by atoms with van der Waals surface area (Å²) in [4.78, 5) is 46.8. The fraction of sp³-hybridized carbons (Fsp3) is 0.400. The summed E-state index contributed by atoms with van der Waals surface area (Å²) in [5.41, 5.74) is -0.591. The Morgan fingerprint density at radius 1 is 0.949 bits per heavy atom. The molecule has 0 saturated heterocycles. The van der Waals surface area contributed by atoms with Crippen LogP contribution in [-0.2, 0) is 20.8 Å². The van der Waals surface area contributed by atoms with Gasteiger partial charge in [0.1, 0.15) is 22.4 Å². The van der Waals surface area contributed by atoms with E-state index in [1.807, 2.05) is 0 Å². The highest BCUT2D eigenvalue weighted by molar-refractivity contribution is 9.10. The van der Waals surface area contributed by atoms with Gasteiger partial charge in [-0.05, 0) is 75.2 Å². The summed E-state index contributed by atoms with van der Waals surface area (Å²) in [7, 11) is 1.47. The lowest BCUT2D eigenvalue weighted by Crippen LogP contribution is -2.44. The van der Waals surface area contributed by atoms with Crippen molar-refractivity contribution in [3.63, 3.8) is 0 Å². The molecule has 0 saturated carbocycles. The molecule has 13 nitrogen and oxygen atoms in total. The first-order chi connectivity index (χ1) is 18.2. The summed E-state index contributed by atoms with van der Waals surface area (Å²) in [6.07, 6.45) is -1.29. The molecule has 0 aliphatic rings. The van der Waals surface area contributed by atoms with Gasteiger partial charge < -0.3 is 23.9 Å². The summed E-state index contributed by atoms with van der Waals surface area (Å²) in [6.45, 7) is 10.0. The van der Waals surface area contributed by atoms with Crippen LogP contribution in [0.15, 0.2) is 39.5 Å². The molecular formula is C25H29BrN6O7. The number of nitrogens with one attached hydrogen (secondary N) is 1. The Morgan fingerprint density at radius 3 is 2.05 bits per heavy atom. The van der Waals surface area contributed by atoms with Gasteiger partial charge in [0.05, 0.1) is 6.20 Å². The molecule has 0 fully saturated rings. The lowest BCUT2D eigenvalue weighted by molar-refractivity contribution is 0.0429. The number of ether oxygens (including phenoxy) is 3. The zero-order chi connectivity index (χ0) is 29.0. The molecule has 14 heteroatoms. The van der Waals surface area contributed by atoms with Crippen LogP contribution in [0.2, 0.25) is 0 Å². The number of anilines is 1. The minimum Gasteiger partial charge on any atom is -0.445 e. The zero-order valence-corrected chi connectivity index (χ0v) is 24.2. The molecule has 0 bridgehead atoms. The quantitative estimate of drug-likeness (QED) is 0.367. The van der Waals surface area contributed by atoms with Crippen LogP contribution >= 0.6 is 15.9 Å². The van der Waals surface area contributed by atoms with E-state index >= 15 is 0 Å². The fourth-order valence-electron chi connectivity index (χ4n) is 2.93. The summed E-state index contributed by atoms with van der Waals surface area (Å²) in [6, 6.07) is 6.89. The summed E-state index contributed by atoms with van der Waals surface area (Å²) in [5, 5.41) is 10.5. The van der Waals surface area contributed by atoms with E-state index in [0.717, 1.165) is 5.56 Å². The van der Waals surface area contributed by atoms with Gasteiger partial charge in [-0.25, -0.2) is 24.4 Å². The van der Waals surface area contributed by atoms with Gasteiger partial charge in [0.2, 0.25) is 5.89 Å². The molecule has 1 N–H and O–H groups in total. The first-order valence-corrected chi connectivity index (χ1v) is 12.5. The van der Waals surface area contributed by atoms with Crippen LogP contribution in [0.4, 0.5) is 20.2 Å². The maximum atomic E-state index is 13.1. The molecule has 208 valence electrons. The number of halogens is 1. The number of nitrogens with zero attached hydrogens (tertiary/aromatic N) is 5. The standard InChI is InChI=1S/C25H29BrN6O7/c1-24(2,3)38-22(34)32(23(35)39-25(4,5)6)18-17(29-16(26)12-28-18)20-31-30-19(37-20)15-10-8-14(9-11-15)13-36-21(33)27-7/h8-12H,13H2,1-7H3,(H,27,33). The molecule has 1 aromatic carbocycles. The Kier molecular flexibility index (Phi) is 8.89. The highest BCUT2D eigenvalue weighted by Gasteiger charge is 2.37. The van der Waals surface area contributed by atoms with Crippen LogP contribution in [0, 0.1) is 0 Å². The summed E-state index contributed by atoms with van der Waals surface area (Å²) < 4.78 is 22.0. The normalized spacial score (nSPS) is 11.5. The van der Waals surface area contributed by atoms with Crippen molar-refractivity contribution in [3.05, 3.63) is 40.6 Å². The molecule has 0 aliphatic heterocycles. The molecule has 2 heterocycles. The van der Waals surface area contributed by atoms with Gasteiger partial charge in [-0.1, -0.05) is 12.1 Å². The van der Waals surface area contributed by atoms with E-state index < -0.39 is 29.5 Å². The Labute approximate surface area is 233 Å². The molecule has 2 aromatic heterocycles. The zero-order valence-electron chi connectivity index (χ0n) is 22.6. The predicted octanol–water partition coefficient (Wildman–Crippen LogP) is 5.49. The van der Waals surface area contributed by atoms with Crippen molar-refractivity contribution in [2.75, 3.05) is 11.9 Å². The maximum Gasteiger partial charge on any atom is 0.425 e. The van der Waals surface area contributed by atoms with Crippen LogP contribution < -0.4 is 10.2 Å². The number of rotatable bonds is 5. The second kappa shape index (κ2) is 11.8. The summed E-state index contributed by atoms with van der Waals surface area (Å²) >= 11 is 3.25. The molecule has 3 aromatic rings. The van der Waals surface area contributed by atoms with Crippen molar-refractivity contribution in [2.45, 2.75) is 59.4 Å². The third-order valence-corrected chi connectivity index (χ3v) is 4.87. The van der Waals surface area contributed by atoms with E-state index in [2.05, 4.69) is 41.4 Å². The number of carbonyl (C=O) groups excluding carboxylic acids is 3. The average Bonchev–Trinajstić information content (AvgIpc) is 3.32. The van der Waals surface area contributed by atoms with Crippen LogP contribution in [0.25, 0.3) is 23.0 Å². The number of alkyl carbamates (subject to hydrolysis) is 1. The lowest BCUT2D eigenvalue weighted by Gasteiger charge is -2.28. The van der Waals surface area contributed by atoms with E-state index in [0.29, 0.717) is 10.5 Å². The van der Waals surface area contributed by atoms with Crippen molar-refractivity contribution >= 4 is 40.0 Å². The monoisotopic (exact) mass is 604 g/mol. The summed E-state index contributed by atoms with van der Waals surface area (Å²) in [5.74, 6) is -0.200. The first-order valence-electron chi connectivity index (χ1n) is 11.7. The Morgan fingerprint density at radius 2 is 1.51 bits per heavy atom. The van der Waals surface area contributed by atoms with E-state index in [9.17, 15) is 14.4 Å². The third-order valence-electron chi connectivity index (χ3n) is 4.49. The minimum absolute atomic E-state index is 0.0598. The molecule has 0 aliphatic carbocycles. The number of amides is 3. The number of hydrogen-bond donors (Lipinski definition) is 1. The number of carbonyl (C=O) groups is 3. The van der Waals surface area contributed by atoms with Crippen molar-refractivity contribution < 1.29 is 33.0 Å². The van der Waals surface area contributed by atoms with Gasteiger partial charge >= 0.3 is 18.3 Å². The van der Waals surface area contributed by atoms with Crippen LogP contribution in [0.3, 0.4) is 0 Å². The van der Waals surface area contributed by atoms with Gasteiger partial charge in [0.25, 0.3) is 5.89 Å². The van der Waals surface area contributed by atoms with Crippen LogP contribution in [0.5, 0.6) is 0 Å². The van der Waals surface area contributed by atoms with Crippen molar-refractivity contribution in [1.82, 2.24) is 25.5 Å². The predicted molar refractivity (Wildman–Crippen MR) is 143 cm³/mol. The number of imide groups is 1. The van der Waals surface area contributed by atoms with E-state index in [1.54, 1.807) is 65.8 Å². The Hall–Kier alpha value is -4.07. The van der Waals surface area contributed by atoms with Gasteiger partial charge in [0, 0.05) is 12.6 Å². The Bertz CT molecular complexity index is 1320. The van der Waals surface area contributed by atoms with Gasteiger partial charge in [-0.2, -0.15) is 4.90 Å². The van der Waals surface area contributed by atoms with Gasteiger partial charge in [-0.15, -0.1) is 10.2 Å². The van der Waals surface area contributed by atoms with Crippen molar-refractivity contribution in [3.8, 4) is 23.0 Å². The number of benzene rings is 1. The smallest absolute Gasteiger partial charge is 0.425 e. The first kappa shape index (κ1) is 29.5. The van der Waals surface area contributed by atoms with Crippen molar-refractivity contribution in [2.24, 2.45) is 0 Å². The second-order valence-corrected chi connectivity index (χ2v) is 10.9. The van der Waals surface area contributed by atoms with E-state index in [-0.39, 0.29) is 34.5 Å². The molecule has 0 radical (unpaired) electrons. The second-order valence-electron chi connectivity index (χ2n) is 10.1. The largest absolute Gasteiger partial charge is 0.445 e. The molecule has 3 amide bonds. The number of hydrogen-bond acceptors (Lipinski definition) is 11. The van der Waals surface area contributed by atoms with Crippen LogP contribution in [0.1, 0.15) is 47.1 Å². The van der Waals surface area contributed by atoms with Gasteiger partial charge in [0.15, 0.2) is 11.5 Å². The third kappa shape index (κ3) is 8.21. The number of aromatic nitrogens is 4. The van der Waals surface area contributed by atoms with E-state index in [4.69, 9.17) is 18.6 Å². The maximum absolute atomic E-state index is 13.1. The van der Waals surface area contributed by atoms with E-state index in [1.165, 1.54) is 13.2 Å².